The van der Waals surface area contributed by atoms with E-state index in [1.165, 1.54) is 0 Å². The third-order valence-electron chi connectivity index (χ3n) is 8.31. The van der Waals surface area contributed by atoms with Gasteiger partial charge >= 0.3 is 6.09 Å². The molecule has 2 N–H and O–H groups in total. The summed E-state index contributed by atoms with van der Waals surface area (Å²) in [6.07, 6.45) is 2.89. The molecule has 1 fully saturated rings. The van der Waals surface area contributed by atoms with Gasteiger partial charge in [-0.15, -0.1) is 0 Å². The zero-order valence-corrected chi connectivity index (χ0v) is 26.8. The number of fused-ring (bicyclic) bond motifs is 1. The lowest BCUT2D eigenvalue weighted by molar-refractivity contribution is -0.124. The molecule has 1 aliphatic carbocycles. The second-order valence-corrected chi connectivity index (χ2v) is 13.4. The number of carbonyl (C=O) groups is 3. The monoisotopic (exact) mass is 635 g/mol. The summed E-state index contributed by atoms with van der Waals surface area (Å²) in [7, 11) is 0. The lowest BCUT2D eigenvalue weighted by Gasteiger charge is -2.47. The number of rotatable bonds is 7. The second-order valence-electron chi connectivity index (χ2n) is 12.6. The largest absolute Gasteiger partial charge is 0.444 e. The zero-order valence-electron chi connectivity index (χ0n) is 25.3. The minimum Gasteiger partial charge on any atom is -0.444 e. The van der Waals surface area contributed by atoms with Gasteiger partial charge in [0.15, 0.2) is 0 Å². The molecule has 2 atom stereocenters. The zero-order chi connectivity index (χ0) is 31.4. The molecule has 2 aliphatic rings. The third kappa shape index (κ3) is 7.39. The molecule has 1 aliphatic heterocycles. The molecule has 7 nitrogen and oxygen atoms in total. The van der Waals surface area contributed by atoms with Crippen LogP contribution in [0.2, 0.25) is 10.0 Å². The number of hydrogen-bond donors (Lipinski definition) is 2. The van der Waals surface area contributed by atoms with Crippen molar-refractivity contribution in [2.75, 3.05) is 6.54 Å². The maximum absolute atomic E-state index is 14.3. The molecule has 3 aromatic rings. The van der Waals surface area contributed by atoms with Crippen molar-refractivity contribution in [2.45, 2.75) is 82.5 Å². The summed E-state index contributed by atoms with van der Waals surface area (Å²) >= 11 is 13.1. The molecule has 0 bridgehead atoms. The Labute approximate surface area is 269 Å². The highest BCUT2D eigenvalue weighted by Crippen LogP contribution is 2.47. The van der Waals surface area contributed by atoms with Crippen LogP contribution in [0.25, 0.3) is 0 Å². The molecule has 232 valence electrons. The van der Waals surface area contributed by atoms with Crippen LogP contribution in [0, 0.1) is 0 Å². The highest BCUT2D eigenvalue weighted by molar-refractivity contribution is 6.35. The van der Waals surface area contributed by atoms with E-state index in [-0.39, 0.29) is 23.9 Å². The van der Waals surface area contributed by atoms with E-state index < -0.39 is 23.7 Å². The number of ether oxygens (including phenoxy) is 1. The second kappa shape index (κ2) is 13.6. The van der Waals surface area contributed by atoms with Crippen molar-refractivity contribution in [2.24, 2.45) is 0 Å². The summed E-state index contributed by atoms with van der Waals surface area (Å²) in [6.45, 7) is 5.96. The number of carbonyl (C=O) groups excluding carboxylic acids is 3. The first kappa shape index (κ1) is 31.9. The van der Waals surface area contributed by atoms with Crippen LogP contribution in [0.5, 0.6) is 0 Å². The van der Waals surface area contributed by atoms with E-state index in [9.17, 15) is 14.4 Å². The molecular weight excluding hydrogens is 597 g/mol. The van der Waals surface area contributed by atoms with Crippen molar-refractivity contribution in [3.8, 4) is 0 Å². The molecular formula is C35H39Cl2N3O4. The normalized spacial score (nSPS) is 21.8. The van der Waals surface area contributed by atoms with Gasteiger partial charge < -0.3 is 20.3 Å². The third-order valence-corrected chi connectivity index (χ3v) is 8.87. The summed E-state index contributed by atoms with van der Waals surface area (Å²) in [5, 5.41) is 7.02. The lowest BCUT2D eigenvalue weighted by atomic mass is 9.76. The first-order valence-corrected chi connectivity index (χ1v) is 15.9. The minimum atomic E-state index is -0.684. The van der Waals surface area contributed by atoms with E-state index in [2.05, 4.69) is 10.6 Å². The molecule has 0 unspecified atom stereocenters. The molecule has 1 heterocycles. The maximum Gasteiger partial charge on any atom is 0.407 e. The number of benzene rings is 3. The molecule has 0 saturated heterocycles. The standard InChI is InChI=1S/C35H39Cl2N3O4/c1-35(2,3)44-34(43)39-24-14-16-25(17-15-24)40-31(28-18-13-23(36)21-29(28)37)30(26-11-7-8-12-27(26)33(40)42)32(41)38-20-19-22-9-5-4-6-10-22/h4-13,18,21,24-25,30-31H,14-17,19-20H2,1-3H3,(H,38,41)(H,39,43)/t24?,25?,30-,31+/m1/s1. The van der Waals surface area contributed by atoms with Crippen molar-refractivity contribution >= 4 is 41.1 Å². The summed E-state index contributed by atoms with van der Waals surface area (Å²) in [5.74, 6) is -0.980. The van der Waals surface area contributed by atoms with Crippen molar-refractivity contribution in [1.29, 1.82) is 0 Å². The average molecular weight is 637 g/mol. The van der Waals surface area contributed by atoms with Crippen LogP contribution < -0.4 is 10.6 Å². The molecule has 44 heavy (non-hydrogen) atoms. The van der Waals surface area contributed by atoms with Crippen LogP contribution >= 0.6 is 23.2 Å². The van der Waals surface area contributed by atoms with Crippen molar-refractivity contribution in [3.05, 3.63) is 105 Å². The predicted molar refractivity (Wildman–Crippen MR) is 173 cm³/mol. The number of amides is 3. The molecule has 0 spiro atoms. The Kier molecular flexibility index (Phi) is 9.86. The summed E-state index contributed by atoms with van der Waals surface area (Å²) in [4.78, 5) is 42.7. The van der Waals surface area contributed by atoms with Gasteiger partial charge in [-0.3, -0.25) is 9.59 Å². The number of nitrogens with one attached hydrogen (secondary N) is 2. The lowest BCUT2D eigenvalue weighted by Crippen LogP contribution is -2.53. The predicted octanol–water partition coefficient (Wildman–Crippen LogP) is 7.47. The quantitative estimate of drug-likeness (QED) is 0.282. The van der Waals surface area contributed by atoms with Crippen LogP contribution in [0.4, 0.5) is 4.79 Å². The number of nitrogens with zero attached hydrogens (tertiary/aromatic N) is 1. The van der Waals surface area contributed by atoms with Crippen LogP contribution in [-0.2, 0) is 16.0 Å². The first-order valence-electron chi connectivity index (χ1n) is 15.2. The number of halogens is 2. The van der Waals surface area contributed by atoms with Crippen LogP contribution in [0.3, 0.4) is 0 Å². The van der Waals surface area contributed by atoms with Crippen LogP contribution in [0.1, 0.15) is 85.5 Å². The van der Waals surface area contributed by atoms with E-state index in [0.29, 0.717) is 65.4 Å². The summed E-state index contributed by atoms with van der Waals surface area (Å²) in [6, 6.07) is 21.7. The smallest absolute Gasteiger partial charge is 0.407 e. The van der Waals surface area contributed by atoms with Gasteiger partial charge in [0.2, 0.25) is 5.91 Å². The van der Waals surface area contributed by atoms with E-state index in [0.717, 1.165) is 5.56 Å². The Bertz CT molecular complexity index is 1500. The molecule has 3 amide bonds. The van der Waals surface area contributed by atoms with Crippen LogP contribution in [-0.4, -0.2) is 47.0 Å². The van der Waals surface area contributed by atoms with Gasteiger partial charge in [0.05, 0.1) is 12.0 Å². The summed E-state index contributed by atoms with van der Waals surface area (Å²) in [5.41, 5.74) is 2.42. The van der Waals surface area contributed by atoms with E-state index in [4.69, 9.17) is 27.9 Å². The van der Waals surface area contributed by atoms with Crippen LogP contribution in [0.15, 0.2) is 72.8 Å². The fourth-order valence-electron chi connectivity index (χ4n) is 6.36. The fourth-order valence-corrected chi connectivity index (χ4v) is 6.88. The average Bonchev–Trinajstić information content (AvgIpc) is 2.97. The molecule has 1 saturated carbocycles. The van der Waals surface area contributed by atoms with Gasteiger partial charge in [0.1, 0.15) is 5.60 Å². The van der Waals surface area contributed by atoms with Gasteiger partial charge in [-0.1, -0.05) is 77.8 Å². The Hall–Kier alpha value is -3.55. The highest BCUT2D eigenvalue weighted by Gasteiger charge is 2.47. The molecule has 0 radical (unpaired) electrons. The molecule has 9 heteroatoms. The Morgan fingerprint density at radius 3 is 2.27 bits per heavy atom. The van der Waals surface area contributed by atoms with Crippen molar-refractivity contribution in [1.82, 2.24) is 15.5 Å². The number of alkyl carbamates (subject to hydrolysis) is 1. The van der Waals surface area contributed by atoms with Gasteiger partial charge in [-0.2, -0.15) is 0 Å². The SMILES string of the molecule is CC(C)(C)OC(=O)NC1CCC(N2C(=O)c3ccccc3[C@@H](C(=O)NCCc3ccccc3)[C@@H]2c2ccc(Cl)cc2Cl)CC1. The first-order chi connectivity index (χ1) is 21.0. The van der Waals surface area contributed by atoms with E-state index in [1.807, 2.05) is 80.3 Å². The molecule has 5 rings (SSSR count). The molecule has 0 aromatic heterocycles. The number of hydrogen-bond acceptors (Lipinski definition) is 4. The Balaban J connectivity index is 1.45. The van der Waals surface area contributed by atoms with Gasteiger partial charge in [-0.05, 0) is 87.8 Å². The summed E-state index contributed by atoms with van der Waals surface area (Å²) < 4.78 is 5.45. The van der Waals surface area contributed by atoms with Crippen molar-refractivity contribution < 1.29 is 19.1 Å². The van der Waals surface area contributed by atoms with Crippen molar-refractivity contribution in [3.63, 3.8) is 0 Å². The molecule has 3 aromatic carbocycles. The van der Waals surface area contributed by atoms with E-state index in [1.54, 1.807) is 18.2 Å². The Morgan fingerprint density at radius 2 is 1.59 bits per heavy atom. The van der Waals surface area contributed by atoms with Gasteiger partial charge in [-0.25, -0.2) is 4.79 Å². The maximum atomic E-state index is 14.3. The topological polar surface area (TPSA) is 87.7 Å². The Morgan fingerprint density at radius 1 is 0.909 bits per heavy atom. The highest BCUT2D eigenvalue weighted by atomic mass is 35.5. The van der Waals surface area contributed by atoms with Gasteiger partial charge in [0.25, 0.3) is 5.91 Å². The van der Waals surface area contributed by atoms with Gasteiger partial charge in [0, 0.05) is 34.2 Å². The van der Waals surface area contributed by atoms with E-state index >= 15 is 0 Å². The minimum absolute atomic E-state index is 0.0667. The fraction of sp³-hybridized carbons (Fsp3) is 0.400.